The van der Waals surface area contributed by atoms with E-state index in [9.17, 15) is 9.90 Å². The molecule has 4 nitrogen and oxygen atoms in total. The van der Waals surface area contributed by atoms with Crippen LogP contribution in [0, 0.1) is 0 Å². The fourth-order valence-corrected chi connectivity index (χ4v) is 2.37. The number of rotatable bonds is 4. The number of benzene rings is 1. The second kappa shape index (κ2) is 5.19. The molecule has 0 spiro atoms. The molecule has 1 atom stereocenters. The maximum absolute atomic E-state index is 10.7. The van der Waals surface area contributed by atoms with Gasteiger partial charge in [-0.25, -0.2) is 0 Å². The lowest BCUT2D eigenvalue weighted by Gasteiger charge is -2.26. The average Bonchev–Trinajstić information content (AvgIpc) is 2.29. The van der Waals surface area contributed by atoms with Crippen LogP contribution in [0.4, 0.5) is 0 Å². The molecule has 4 N–H and O–H groups in total. The van der Waals surface area contributed by atoms with E-state index in [1.54, 1.807) is 6.07 Å². The lowest BCUT2D eigenvalue weighted by atomic mass is 9.87. The number of carbonyl (C=O) groups is 1. The number of nitrogens with two attached hydrogens (primary N) is 1. The van der Waals surface area contributed by atoms with Crippen LogP contribution in [0.2, 0.25) is 0 Å². The van der Waals surface area contributed by atoms with Crippen molar-refractivity contribution in [2.45, 2.75) is 31.7 Å². The molecule has 0 saturated carbocycles. The summed E-state index contributed by atoms with van der Waals surface area (Å²) in [5, 5.41) is 12.8. The van der Waals surface area contributed by atoms with Gasteiger partial charge in [-0.05, 0) is 42.5 Å². The minimum Gasteiger partial charge on any atom is -0.508 e. The summed E-state index contributed by atoms with van der Waals surface area (Å²) in [6.07, 6.45) is 3.58. The fraction of sp³-hybridized carbons (Fsp3) is 0.462. The van der Waals surface area contributed by atoms with Gasteiger partial charge in [0.2, 0.25) is 5.91 Å². The highest BCUT2D eigenvalue weighted by atomic mass is 16.3. The number of primary amides is 1. The second-order valence-corrected chi connectivity index (χ2v) is 4.50. The molecule has 17 heavy (non-hydrogen) atoms. The number of aryl methyl sites for hydroxylation is 1. The summed E-state index contributed by atoms with van der Waals surface area (Å²) in [5.74, 6) is 0.0109. The Balaban J connectivity index is 2.05. The van der Waals surface area contributed by atoms with Crippen molar-refractivity contribution in [1.82, 2.24) is 5.32 Å². The topological polar surface area (TPSA) is 75.4 Å². The van der Waals surface area contributed by atoms with Crippen molar-refractivity contribution >= 4 is 5.91 Å². The number of hydrogen-bond acceptors (Lipinski definition) is 3. The van der Waals surface area contributed by atoms with Gasteiger partial charge in [0.25, 0.3) is 0 Å². The van der Waals surface area contributed by atoms with Gasteiger partial charge in [-0.2, -0.15) is 0 Å². The first-order valence-corrected chi connectivity index (χ1v) is 6.00. The van der Waals surface area contributed by atoms with Crippen molar-refractivity contribution < 1.29 is 9.90 Å². The molecule has 1 aliphatic rings. The molecule has 1 aromatic carbocycles. The Morgan fingerprint density at radius 1 is 1.53 bits per heavy atom. The molecule has 1 unspecified atom stereocenters. The van der Waals surface area contributed by atoms with Crippen LogP contribution in [0.3, 0.4) is 0 Å². The minimum atomic E-state index is -0.288. The first kappa shape index (κ1) is 11.9. The third-order valence-corrected chi connectivity index (χ3v) is 3.21. The zero-order chi connectivity index (χ0) is 12.3. The van der Waals surface area contributed by atoms with Gasteiger partial charge >= 0.3 is 0 Å². The summed E-state index contributed by atoms with van der Waals surface area (Å²) in [5.41, 5.74) is 7.54. The molecule has 0 bridgehead atoms. The monoisotopic (exact) mass is 234 g/mol. The highest BCUT2D eigenvalue weighted by molar-refractivity contribution is 5.73. The minimum absolute atomic E-state index is 0.227. The zero-order valence-electron chi connectivity index (χ0n) is 9.78. The van der Waals surface area contributed by atoms with Gasteiger partial charge in [-0.3, -0.25) is 4.79 Å². The molecule has 0 aliphatic heterocycles. The molecule has 1 aliphatic carbocycles. The van der Waals surface area contributed by atoms with Crippen molar-refractivity contribution in [3.8, 4) is 5.75 Å². The number of phenolic OH excluding ortho intramolecular Hbond substituents is 1. The van der Waals surface area contributed by atoms with Crippen molar-refractivity contribution in [3.05, 3.63) is 29.3 Å². The normalized spacial score (nSPS) is 18.7. The van der Waals surface area contributed by atoms with E-state index in [1.807, 2.05) is 12.1 Å². The van der Waals surface area contributed by atoms with E-state index in [2.05, 4.69) is 5.32 Å². The van der Waals surface area contributed by atoms with Crippen LogP contribution in [0.5, 0.6) is 5.75 Å². The Morgan fingerprint density at radius 3 is 3.12 bits per heavy atom. The summed E-state index contributed by atoms with van der Waals surface area (Å²) in [7, 11) is 0. The van der Waals surface area contributed by atoms with E-state index >= 15 is 0 Å². The van der Waals surface area contributed by atoms with Gasteiger partial charge < -0.3 is 16.2 Å². The summed E-state index contributed by atoms with van der Waals surface area (Å²) < 4.78 is 0. The fourth-order valence-electron chi connectivity index (χ4n) is 2.37. The van der Waals surface area contributed by atoms with E-state index in [1.165, 1.54) is 5.56 Å². The van der Waals surface area contributed by atoms with Gasteiger partial charge in [-0.1, -0.05) is 6.07 Å². The molecule has 0 radical (unpaired) electrons. The lowest BCUT2D eigenvalue weighted by molar-refractivity contribution is -0.117. The summed E-state index contributed by atoms with van der Waals surface area (Å²) >= 11 is 0. The number of amides is 1. The molecule has 1 amide bonds. The number of fused-ring (bicyclic) bond motifs is 1. The van der Waals surface area contributed by atoms with E-state index in [0.29, 0.717) is 18.7 Å². The van der Waals surface area contributed by atoms with Gasteiger partial charge in [0, 0.05) is 19.0 Å². The molecule has 92 valence electrons. The second-order valence-electron chi connectivity index (χ2n) is 4.50. The van der Waals surface area contributed by atoms with Crippen molar-refractivity contribution in [2.24, 2.45) is 5.73 Å². The first-order chi connectivity index (χ1) is 8.16. The molecule has 1 aromatic rings. The lowest BCUT2D eigenvalue weighted by Crippen LogP contribution is -2.28. The quantitative estimate of drug-likeness (QED) is 0.733. The molecule has 2 rings (SSSR count). The molecular weight excluding hydrogens is 216 g/mol. The van der Waals surface area contributed by atoms with Crippen LogP contribution in [0.15, 0.2) is 18.2 Å². The van der Waals surface area contributed by atoms with E-state index in [0.717, 1.165) is 24.8 Å². The summed E-state index contributed by atoms with van der Waals surface area (Å²) in [4.78, 5) is 10.7. The smallest absolute Gasteiger partial charge is 0.218 e. The molecule has 0 aromatic heterocycles. The number of aromatic hydroxyl groups is 1. The van der Waals surface area contributed by atoms with Crippen LogP contribution in [-0.2, 0) is 11.2 Å². The first-order valence-electron chi connectivity index (χ1n) is 6.00. The number of carbonyl (C=O) groups excluding carboxylic acids is 1. The predicted molar refractivity (Wildman–Crippen MR) is 65.6 cm³/mol. The third-order valence-electron chi connectivity index (χ3n) is 3.21. The Bertz CT molecular complexity index is 418. The maximum Gasteiger partial charge on any atom is 0.218 e. The van der Waals surface area contributed by atoms with Gasteiger partial charge in [0.1, 0.15) is 5.75 Å². The molecule has 0 fully saturated rings. The molecular formula is C13H18N2O2. The maximum atomic E-state index is 10.7. The largest absolute Gasteiger partial charge is 0.508 e. The number of nitrogens with one attached hydrogen (secondary N) is 1. The van der Waals surface area contributed by atoms with Crippen molar-refractivity contribution in [3.63, 3.8) is 0 Å². The number of hydrogen-bond donors (Lipinski definition) is 3. The van der Waals surface area contributed by atoms with Gasteiger partial charge in [0.15, 0.2) is 0 Å². The van der Waals surface area contributed by atoms with Gasteiger partial charge in [-0.15, -0.1) is 0 Å². The van der Waals surface area contributed by atoms with Crippen LogP contribution < -0.4 is 11.1 Å². The third kappa shape index (κ3) is 2.97. The Kier molecular flexibility index (Phi) is 3.64. The predicted octanol–water partition coefficient (Wildman–Crippen LogP) is 1.23. The Hall–Kier alpha value is -1.55. The highest BCUT2D eigenvalue weighted by Crippen LogP contribution is 2.31. The Labute approximate surface area is 101 Å². The van der Waals surface area contributed by atoms with Crippen LogP contribution in [0.25, 0.3) is 0 Å². The van der Waals surface area contributed by atoms with E-state index in [-0.39, 0.29) is 11.9 Å². The molecule has 0 heterocycles. The summed E-state index contributed by atoms with van der Waals surface area (Å²) in [6.45, 7) is 0.592. The van der Waals surface area contributed by atoms with E-state index < -0.39 is 0 Å². The molecule has 4 heteroatoms. The van der Waals surface area contributed by atoms with E-state index in [4.69, 9.17) is 5.73 Å². The van der Waals surface area contributed by atoms with Crippen LogP contribution in [-0.4, -0.2) is 17.6 Å². The average molecular weight is 234 g/mol. The molecule has 0 saturated heterocycles. The highest BCUT2D eigenvalue weighted by Gasteiger charge is 2.19. The SMILES string of the molecule is NC(=O)CCNC1CCCc2ccc(O)cc21. The van der Waals surface area contributed by atoms with Crippen molar-refractivity contribution in [2.75, 3.05) is 6.54 Å². The zero-order valence-corrected chi connectivity index (χ0v) is 9.78. The Morgan fingerprint density at radius 2 is 2.35 bits per heavy atom. The van der Waals surface area contributed by atoms with Gasteiger partial charge in [0.05, 0.1) is 0 Å². The standard InChI is InChI=1S/C13H18N2O2/c14-13(17)6-7-15-12-3-1-2-9-4-5-10(16)8-11(9)12/h4-5,8,12,15-16H,1-3,6-7H2,(H2,14,17). The van der Waals surface area contributed by atoms with Crippen molar-refractivity contribution in [1.29, 1.82) is 0 Å². The number of phenols is 1. The van der Waals surface area contributed by atoms with Crippen LogP contribution >= 0.6 is 0 Å². The van der Waals surface area contributed by atoms with Crippen LogP contribution in [0.1, 0.15) is 36.4 Å². The summed E-state index contributed by atoms with van der Waals surface area (Å²) in [6, 6.07) is 5.75.